The van der Waals surface area contributed by atoms with Crippen molar-refractivity contribution in [2.75, 3.05) is 6.54 Å². The SMILES string of the molecule is CCCc1cc(C)nc(C(C)(C)CCN)n1. The van der Waals surface area contributed by atoms with Crippen molar-refractivity contribution in [1.82, 2.24) is 9.97 Å². The molecule has 1 aromatic rings. The lowest BCUT2D eigenvalue weighted by atomic mass is 9.88. The predicted molar refractivity (Wildman–Crippen MR) is 67.5 cm³/mol. The minimum Gasteiger partial charge on any atom is -0.330 e. The number of aryl methyl sites for hydroxylation is 2. The molecular formula is C13H23N3. The minimum absolute atomic E-state index is 0.0245. The van der Waals surface area contributed by atoms with E-state index in [0.29, 0.717) is 6.54 Å². The quantitative estimate of drug-likeness (QED) is 0.830. The average Bonchev–Trinajstić information content (AvgIpc) is 2.17. The molecule has 2 N–H and O–H groups in total. The van der Waals surface area contributed by atoms with Crippen LogP contribution in [-0.4, -0.2) is 16.5 Å². The van der Waals surface area contributed by atoms with E-state index in [1.165, 1.54) is 0 Å². The lowest BCUT2D eigenvalue weighted by Crippen LogP contribution is -2.25. The van der Waals surface area contributed by atoms with Gasteiger partial charge in [-0.15, -0.1) is 0 Å². The maximum atomic E-state index is 5.63. The summed E-state index contributed by atoms with van der Waals surface area (Å²) in [6.45, 7) is 9.19. The number of aromatic nitrogens is 2. The first-order valence-electron chi connectivity index (χ1n) is 6.04. The Hall–Kier alpha value is -0.960. The molecule has 0 aromatic carbocycles. The van der Waals surface area contributed by atoms with Crippen LogP contribution in [0.3, 0.4) is 0 Å². The van der Waals surface area contributed by atoms with Crippen LogP contribution in [0.15, 0.2) is 6.07 Å². The number of nitrogens with zero attached hydrogens (tertiary/aromatic N) is 2. The van der Waals surface area contributed by atoms with Crippen LogP contribution in [0, 0.1) is 6.92 Å². The molecule has 1 aromatic heterocycles. The smallest absolute Gasteiger partial charge is 0.134 e. The summed E-state index contributed by atoms with van der Waals surface area (Å²) in [5.41, 5.74) is 7.81. The van der Waals surface area contributed by atoms with Crippen molar-refractivity contribution in [3.05, 3.63) is 23.3 Å². The number of hydrogen-bond acceptors (Lipinski definition) is 3. The number of hydrogen-bond donors (Lipinski definition) is 1. The molecule has 1 heterocycles. The van der Waals surface area contributed by atoms with Crippen molar-refractivity contribution in [3.63, 3.8) is 0 Å². The highest BCUT2D eigenvalue weighted by atomic mass is 14.9. The Kier molecular flexibility index (Phi) is 4.42. The summed E-state index contributed by atoms with van der Waals surface area (Å²) in [6.07, 6.45) is 3.06. The number of rotatable bonds is 5. The molecule has 0 bridgehead atoms. The Bertz CT molecular complexity index is 345. The van der Waals surface area contributed by atoms with E-state index in [4.69, 9.17) is 5.73 Å². The van der Waals surface area contributed by atoms with Crippen molar-refractivity contribution in [3.8, 4) is 0 Å². The zero-order chi connectivity index (χ0) is 12.2. The Morgan fingerprint density at radius 1 is 1.31 bits per heavy atom. The van der Waals surface area contributed by atoms with Crippen molar-refractivity contribution >= 4 is 0 Å². The third-order valence-electron chi connectivity index (χ3n) is 2.79. The van der Waals surface area contributed by atoms with Gasteiger partial charge in [-0.05, 0) is 32.4 Å². The van der Waals surface area contributed by atoms with Gasteiger partial charge in [-0.1, -0.05) is 27.2 Å². The van der Waals surface area contributed by atoms with Crippen LogP contribution >= 0.6 is 0 Å². The predicted octanol–water partition coefficient (Wildman–Crippen LogP) is 2.36. The zero-order valence-corrected chi connectivity index (χ0v) is 10.9. The van der Waals surface area contributed by atoms with E-state index in [9.17, 15) is 0 Å². The molecule has 0 spiro atoms. The van der Waals surface area contributed by atoms with E-state index in [0.717, 1.165) is 36.5 Å². The fraction of sp³-hybridized carbons (Fsp3) is 0.692. The molecule has 16 heavy (non-hydrogen) atoms. The normalized spacial score (nSPS) is 11.8. The van der Waals surface area contributed by atoms with Gasteiger partial charge in [-0.2, -0.15) is 0 Å². The molecule has 1 rings (SSSR count). The lowest BCUT2D eigenvalue weighted by Gasteiger charge is -2.23. The maximum Gasteiger partial charge on any atom is 0.134 e. The van der Waals surface area contributed by atoms with Gasteiger partial charge in [-0.25, -0.2) is 9.97 Å². The highest BCUT2D eigenvalue weighted by Gasteiger charge is 2.23. The van der Waals surface area contributed by atoms with Crippen LogP contribution in [0.5, 0.6) is 0 Å². The summed E-state index contributed by atoms with van der Waals surface area (Å²) in [5.74, 6) is 0.932. The summed E-state index contributed by atoms with van der Waals surface area (Å²) < 4.78 is 0. The molecule has 3 heteroatoms. The third kappa shape index (κ3) is 3.27. The van der Waals surface area contributed by atoms with E-state index < -0.39 is 0 Å². The van der Waals surface area contributed by atoms with Gasteiger partial charge in [0.15, 0.2) is 0 Å². The van der Waals surface area contributed by atoms with Gasteiger partial charge in [0.25, 0.3) is 0 Å². The minimum atomic E-state index is -0.0245. The molecule has 3 nitrogen and oxygen atoms in total. The molecule has 0 saturated heterocycles. The Morgan fingerprint density at radius 3 is 2.56 bits per heavy atom. The molecule has 0 radical (unpaired) electrons. The summed E-state index contributed by atoms with van der Waals surface area (Å²) in [5, 5.41) is 0. The van der Waals surface area contributed by atoms with Gasteiger partial charge in [-0.3, -0.25) is 0 Å². The largest absolute Gasteiger partial charge is 0.330 e. The molecule has 0 aliphatic carbocycles. The van der Waals surface area contributed by atoms with Crippen LogP contribution in [0.2, 0.25) is 0 Å². The van der Waals surface area contributed by atoms with Crippen LogP contribution in [0.25, 0.3) is 0 Å². The van der Waals surface area contributed by atoms with Gasteiger partial charge in [0.2, 0.25) is 0 Å². The second-order valence-corrected chi connectivity index (χ2v) is 5.00. The summed E-state index contributed by atoms with van der Waals surface area (Å²) in [6, 6.07) is 2.07. The Balaban J connectivity index is 3.03. The van der Waals surface area contributed by atoms with Gasteiger partial charge < -0.3 is 5.73 Å². The van der Waals surface area contributed by atoms with Gasteiger partial charge in [0.1, 0.15) is 5.82 Å². The second-order valence-electron chi connectivity index (χ2n) is 5.00. The van der Waals surface area contributed by atoms with Gasteiger partial charge >= 0.3 is 0 Å². The summed E-state index contributed by atoms with van der Waals surface area (Å²) in [7, 11) is 0. The molecule has 90 valence electrons. The Labute approximate surface area is 98.5 Å². The first-order chi connectivity index (χ1) is 7.49. The van der Waals surface area contributed by atoms with E-state index in [1.807, 2.05) is 6.92 Å². The first-order valence-corrected chi connectivity index (χ1v) is 6.04. The highest BCUT2D eigenvalue weighted by Crippen LogP contribution is 2.23. The third-order valence-corrected chi connectivity index (χ3v) is 2.79. The average molecular weight is 221 g/mol. The van der Waals surface area contributed by atoms with Crippen LogP contribution in [0.4, 0.5) is 0 Å². The van der Waals surface area contributed by atoms with Crippen molar-refractivity contribution in [2.45, 2.75) is 52.4 Å². The van der Waals surface area contributed by atoms with E-state index in [-0.39, 0.29) is 5.41 Å². The molecule has 0 aliphatic rings. The second kappa shape index (κ2) is 5.39. The fourth-order valence-electron chi connectivity index (χ4n) is 1.79. The fourth-order valence-corrected chi connectivity index (χ4v) is 1.79. The molecule has 0 atom stereocenters. The lowest BCUT2D eigenvalue weighted by molar-refractivity contribution is 0.453. The van der Waals surface area contributed by atoms with Gasteiger partial charge in [0, 0.05) is 16.8 Å². The molecule has 0 saturated carbocycles. The molecule has 0 amide bonds. The summed E-state index contributed by atoms with van der Waals surface area (Å²) >= 11 is 0. The highest BCUT2D eigenvalue weighted by molar-refractivity contribution is 5.15. The zero-order valence-electron chi connectivity index (χ0n) is 10.9. The van der Waals surface area contributed by atoms with Crippen LogP contribution in [0.1, 0.15) is 50.8 Å². The van der Waals surface area contributed by atoms with Crippen LogP contribution < -0.4 is 5.73 Å². The molecule has 0 fully saturated rings. The first kappa shape index (κ1) is 13.1. The topological polar surface area (TPSA) is 51.8 Å². The molecule has 0 aliphatic heterocycles. The van der Waals surface area contributed by atoms with Gasteiger partial charge in [0.05, 0.1) is 0 Å². The Morgan fingerprint density at radius 2 is 2.00 bits per heavy atom. The van der Waals surface area contributed by atoms with E-state index in [1.54, 1.807) is 0 Å². The monoisotopic (exact) mass is 221 g/mol. The van der Waals surface area contributed by atoms with Crippen molar-refractivity contribution in [1.29, 1.82) is 0 Å². The van der Waals surface area contributed by atoms with E-state index in [2.05, 4.69) is 36.8 Å². The molecular weight excluding hydrogens is 198 g/mol. The standard InChI is InChI=1S/C13H23N3/c1-5-6-11-9-10(2)15-12(16-11)13(3,4)7-8-14/h9H,5-8,14H2,1-4H3. The van der Waals surface area contributed by atoms with Crippen LogP contribution in [-0.2, 0) is 11.8 Å². The number of nitrogens with two attached hydrogens (primary N) is 1. The molecule has 0 unspecified atom stereocenters. The van der Waals surface area contributed by atoms with Crippen molar-refractivity contribution in [2.24, 2.45) is 5.73 Å². The van der Waals surface area contributed by atoms with Crippen molar-refractivity contribution < 1.29 is 0 Å². The summed E-state index contributed by atoms with van der Waals surface area (Å²) in [4.78, 5) is 9.19. The van der Waals surface area contributed by atoms with E-state index >= 15 is 0 Å². The maximum absolute atomic E-state index is 5.63.